The minimum atomic E-state index is 0.120. The van der Waals surface area contributed by atoms with E-state index in [-0.39, 0.29) is 6.61 Å². The Kier molecular flexibility index (Phi) is 4.18. The van der Waals surface area contributed by atoms with Crippen molar-refractivity contribution in [2.45, 2.75) is 13.1 Å². The molecule has 0 atom stereocenters. The molecule has 0 aliphatic heterocycles. The van der Waals surface area contributed by atoms with Crippen LogP contribution in [-0.2, 0) is 13.1 Å². The molecule has 0 fully saturated rings. The standard InChI is InChI=1S/C15H17N5O/c21-8-7-19(11-13-3-1-4-16-9-13)12-14-10-18-15-17-5-2-6-20(14)15/h1-6,9-10,21H,7-8,11-12H2. The first-order valence-corrected chi connectivity index (χ1v) is 6.86. The zero-order valence-electron chi connectivity index (χ0n) is 11.6. The highest BCUT2D eigenvalue weighted by molar-refractivity contribution is 5.30. The highest BCUT2D eigenvalue weighted by Gasteiger charge is 2.10. The van der Waals surface area contributed by atoms with Crippen molar-refractivity contribution in [3.05, 3.63) is 60.4 Å². The Labute approximate surface area is 122 Å². The molecule has 3 rings (SSSR count). The van der Waals surface area contributed by atoms with Crippen LogP contribution in [-0.4, -0.2) is 42.5 Å². The van der Waals surface area contributed by atoms with Crippen LogP contribution >= 0.6 is 0 Å². The van der Waals surface area contributed by atoms with Gasteiger partial charge >= 0.3 is 0 Å². The summed E-state index contributed by atoms with van der Waals surface area (Å²) in [7, 11) is 0. The van der Waals surface area contributed by atoms with E-state index in [1.807, 2.05) is 41.2 Å². The summed E-state index contributed by atoms with van der Waals surface area (Å²) in [5.41, 5.74) is 2.17. The molecule has 0 saturated carbocycles. The van der Waals surface area contributed by atoms with Crippen molar-refractivity contribution in [1.29, 1.82) is 0 Å². The molecule has 0 aromatic carbocycles. The summed E-state index contributed by atoms with van der Waals surface area (Å²) in [6, 6.07) is 5.84. The lowest BCUT2D eigenvalue weighted by atomic mass is 10.2. The van der Waals surface area contributed by atoms with Crippen LogP contribution in [0.2, 0.25) is 0 Å². The number of aliphatic hydroxyl groups is 1. The molecule has 6 heteroatoms. The van der Waals surface area contributed by atoms with Crippen LogP contribution < -0.4 is 0 Å². The fraction of sp³-hybridized carbons (Fsp3) is 0.267. The Bertz CT molecular complexity index is 697. The Balaban J connectivity index is 1.78. The molecule has 0 amide bonds. The number of pyridine rings is 1. The Morgan fingerprint density at radius 1 is 1.10 bits per heavy atom. The second-order valence-corrected chi connectivity index (χ2v) is 4.83. The van der Waals surface area contributed by atoms with Gasteiger partial charge in [-0.2, -0.15) is 0 Å². The molecule has 0 bridgehead atoms. The third kappa shape index (κ3) is 3.24. The minimum Gasteiger partial charge on any atom is -0.395 e. The van der Waals surface area contributed by atoms with Crippen LogP contribution in [0.25, 0.3) is 5.78 Å². The predicted octanol–water partition coefficient (Wildman–Crippen LogP) is 1.12. The van der Waals surface area contributed by atoms with Crippen LogP contribution in [0, 0.1) is 0 Å². The molecule has 3 aromatic rings. The van der Waals surface area contributed by atoms with Gasteiger partial charge in [0, 0.05) is 44.4 Å². The summed E-state index contributed by atoms with van der Waals surface area (Å²) in [5, 5.41) is 9.26. The number of aliphatic hydroxyl groups excluding tert-OH is 1. The smallest absolute Gasteiger partial charge is 0.233 e. The first-order valence-electron chi connectivity index (χ1n) is 6.86. The van der Waals surface area contributed by atoms with Crippen LogP contribution in [0.15, 0.2) is 49.2 Å². The van der Waals surface area contributed by atoms with E-state index >= 15 is 0 Å². The topological polar surface area (TPSA) is 66.5 Å². The van der Waals surface area contributed by atoms with Crippen molar-refractivity contribution in [3.63, 3.8) is 0 Å². The summed E-state index contributed by atoms with van der Waals surface area (Å²) in [4.78, 5) is 14.8. The molecule has 0 unspecified atom stereocenters. The highest BCUT2D eigenvalue weighted by Crippen LogP contribution is 2.10. The van der Waals surface area contributed by atoms with Gasteiger partial charge in [-0.1, -0.05) is 6.07 Å². The van der Waals surface area contributed by atoms with Crippen molar-refractivity contribution in [1.82, 2.24) is 24.3 Å². The van der Waals surface area contributed by atoms with Crippen molar-refractivity contribution in [3.8, 4) is 0 Å². The van der Waals surface area contributed by atoms with Gasteiger partial charge in [0.15, 0.2) is 0 Å². The monoisotopic (exact) mass is 283 g/mol. The Morgan fingerprint density at radius 3 is 2.86 bits per heavy atom. The molecule has 108 valence electrons. The van der Waals surface area contributed by atoms with Gasteiger partial charge in [-0.3, -0.25) is 14.3 Å². The molecule has 0 radical (unpaired) electrons. The number of imidazole rings is 1. The molecule has 3 heterocycles. The van der Waals surface area contributed by atoms with Gasteiger partial charge in [-0.15, -0.1) is 0 Å². The van der Waals surface area contributed by atoms with Crippen LogP contribution in [0.5, 0.6) is 0 Å². The van der Waals surface area contributed by atoms with E-state index < -0.39 is 0 Å². The summed E-state index contributed by atoms with van der Waals surface area (Å²) >= 11 is 0. The van der Waals surface area contributed by atoms with Crippen molar-refractivity contribution < 1.29 is 5.11 Å². The van der Waals surface area contributed by atoms with Gasteiger partial charge in [-0.05, 0) is 17.7 Å². The number of aromatic nitrogens is 4. The normalized spacial score (nSPS) is 11.3. The molecule has 0 spiro atoms. The average Bonchev–Trinajstić information content (AvgIpc) is 2.92. The Hall–Kier alpha value is -2.31. The Morgan fingerprint density at radius 2 is 2.05 bits per heavy atom. The average molecular weight is 283 g/mol. The SMILES string of the molecule is OCCN(Cc1cccnc1)Cc1cnc2ncccn12. The van der Waals surface area contributed by atoms with Crippen LogP contribution in [0.1, 0.15) is 11.3 Å². The maximum absolute atomic E-state index is 9.26. The van der Waals surface area contributed by atoms with E-state index in [1.54, 1.807) is 12.4 Å². The number of fused-ring (bicyclic) bond motifs is 1. The lowest BCUT2D eigenvalue weighted by Gasteiger charge is -2.20. The van der Waals surface area contributed by atoms with Crippen molar-refractivity contribution in [2.24, 2.45) is 0 Å². The molecule has 6 nitrogen and oxygen atoms in total. The molecule has 0 aliphatic carbocycles. The highest BCUT2D eigenvalue weighted by atomic mass is 16.3. The van der Waals surface area contributed by atoms with E-state index in [0.717, 1.165) is 17.8 Å². The zero-order valence-corrected chi connectivity index (χ0v) is 11.6. The van der Waals surface area contributed by atoms with Crippen LogP contribution in [0.4, 0.5) is 0 Å². The van der Waals surface area contributed by atoms with E-state index in [1.165, 1.54) is 0 Å². The van der Waals surface area contributed by atoms with Crippen LogP contribution in [0.3, 0.4) is 0 Å². The molecular formula is C15H17N5O. The second kappa shape index (κ2) is 6.43. The minimum absolute atomic E-state index is 0.120. The first kappa shape index (κ1) is 13.7. The van der Waals surface area contributed by atoms with Gasteiger partial charge in [-0.25, -0.2) is 9.97 Å². The summed E-state index contributed by atoms with van der Waals surface area (Å²) in [5.74, 6) is 0.692. The molecule has 21 heavy (non-hydrogen) atoms. The number of hydrogen-bond donors (Lipinski definition) is 1. The molecular weight excluding hydrogens is 266 g/mol. The number of nitrogens with zero attached hydrogens (tertiary/aromatic N) is 5. The number of hydrogen-bond acceptors (Lipinski definition) is 5. The summed E-state index contributed by atoms with van der Waals surface area (Å²) < 4.78 is 1.97. The fourth-order valence-electron chi connectivity index (χ4n) is 2.33. The van der Waals surface area contributed by atoms with Gasteiger partial charge in [0.1, 0.15) is 0 Å². The van der Waals surface area contributed by atoms with Gasteiger partial charge in [0.2, 0.25) is 5.78 Å². The zero-order chi connectivity index (χ0) is 14.5. The second-order valence-electron chi connectivity index (χ2n) is 4.83. The molecule has 1 N–H and O–H groups in total. The summed E-state index contributed by atoms with van der Waals surface area (Å²) in [6.45, 7) is 2.15. The van der Waals surface area contributed by atoms with E-state index in [0.29, 0.717) is 18.9 Å². The maximum Gasteiger partial charge on any atom is 0.233 e. The third-order valence-electron chi connectivity index (χ3n) is 3.30. The van der Waals surface area contributed by atoms with E-state index in [9.17, 15) is 5.11 Å². The predicted molar refractivity (Wildman–Crippen MR) is 78.4 cm³/mol. The van der Waals surface area contributed by atoms with Gasteiger partial charge in [0.25, 0.3) is 0 Å². The molecule has 0 aliphatic rings. The fourth-order valence-corrected chi connectivity index (χ4v) is 2.33. The lowest BCUT2D eigenvalue weighted by molar-refractivity contribution is 0.182. The molecule has 3 aromatic heterocycles. The van der Waals surface area contributed by atoms with Crippen molar-refractivity contribution in [2.75, 3.05) is 13.2 Å². The van der Waals surface area contributed by atoms with Gasteiger partial charge in [0.05, 0.1) is 18.5 Å². The van der Waals surface area contributed by atoms with E-state index in [2.05, 4.69) is 19.9 Å². The quantitative estimate of drug-likeness (QED) is 0.734. The van der Waals surface area contributed by atoms with Crippen molar-refractivity contribution >= 4 is 5.78 Å². The lowest BCUT2D eigenvalue weighted by Crippen LogP contribution is -2.26. The first-order chi connectivity index (χ1) is 10.4. The third-order valence-corrected chi connectivity index (χ3v) is 3.30. The molecule has 0 saturated heterocycles. The summed E-state index contributed by atoms with van der Waals surface area (Å²) in [6.07, 6.45) is 9.12. The largest absolute Gasteiger partial charge is 0.395 e. The maximum atomic E-state index is 9.26. The van der Waals surface area contributed by atoms with E-state index in [4.69, 9.17) is 0 Å². The van der Waals surface area contributed by atoms with Gasteiger partial charge < -0.3 is 5.11 Å². The number of rotatable bonds is 6.